The number of nitrogens with two attached hydrogens (primary N) is 1. The molecule has 0 radical (unpaired) electrons. The van der Waals surface area contributed by atoms with E-state index in [1.807, 2.05) is 0 Å². The second kappa shape index (κ2) is 8.90. The van der Waals surface area contributed by atoms with Gasteiger partial charge in [0, 0.05) is 6.04 Å². The van der Waals surface area contributed by atoms with E-state index < -0.39 is 0 Å². The van der Waals surface area contributed by atoms with Crippen molar-refractivity contribution in [2.45, 2.75) is 51.0 Å². The molecule has 1 aliphatic heterocycles. The Morgan fingerprint density at radius 1 is 1.18 bits per heavy atom. The summed E-state index contributed by atoms with van der Waals surface area (Å²) in [7, 11) is 4.54. The molecule has 0 aromatic rings. The van der Waals surface area contributed by atoms with Gasteiger partial charge in [-0.1, -0.05) is 12.8 Å². The lowest BCUT2D eigenvalue weighted by molar-refractivity contribution is 0.160. The Morgan fingerprint density at radius 2 is 2.00 bits per heavy atom. The van der Waals surface area contributed by atoms with Crippen molar-refractivity contribution in [1.82, 2.24) is 9.80 Å². The molecule has 3 heteroatoms. The standard InChI is InChI=1S/C14H31N3/c1-16(11-6-3-5-10-15)13-9-14-8-4-7-12-17(14)2/h14H,3-13,15H2,1-2H3. The van der Waals surface area contributed by atoms with Gasteiger partial charge in [-0.2, -0.15) is 0 Å². The molecule has 102 valence electrons. The number of hydrogen-bond acceptors (Lipinski definition) is 3. The van der Waals surface area contributed by atoms with Gasteiger partial charge in [0.15, 0.2) is 0 Å². The van der Waals surface area contributed by atoms with Gasteiger partial charge in [-0.05, 0) is 72.4 Å². The first kappa shape index (κ1) is 14.9. The zero-order valence-corrected chi connectivity index (χ0v) is 11.8. The number of unbranched alkanes of at least 4 members (excludes halogenated alkanes) is 2. The SMILES string of the molecule is CN(CCCCCN)CCC1CCCCN1C. The molecule has 0 aliphatic carbocycles. The molecule has 0 spiro atoms. The summed E-state index contributed by atoms with van der Waals surface area (Å²) in [5, 5.41) is 0. The van der Waals surface area contributed by atoms with Crippen LogP contribution in [-0.2, 0) is 0 Å². The molecule has 17 heavy (non-hydrogen) atoms. The van der Waals surface area contributed by atoms with Gasteiger partial charge >= 0.3 is 0 Å². The highest BCUT2D eigenvalue weighted by molar-refractivity contribution is 4.75. The van der Waals surface area contributed by atoms with Crippen LogP contribution in [0.3, 0.4) is 0 Å². The van der Waals surface area contributed by atoms with Crippen LogP contribution in [0.5, 0.6) is 0 Å². The number of hydrogen-bond donors (Lipinski definition) is 1. The molecule has 2 N–H and O–H groups in total. The predicted octanol–water partition coefficient (Wildman–Crippen LogP) is 1.92. The van der Waals surface area contributed by atoms with Crippen LogP contribution in [0.4, 0.5) is 0 Å². The van der Waals surface area contributed by atoms with Crippen LogP contribution in [0, 0.1) is 0 Å². The molecule has 0 amide bonds. The monoisotopic (exact) mass is 241 g/mol. The highest BCUT2D eigenvalue weighted by Gasteiger charge is 2.18. The summed E-state index contributed by atoms with van der Waals surface area (Å²) >= 11 is 0. The summed E-state index contributed by atoms with van der Waals surface area (Å²) in [6.45, 7) is 4.62. The molecule has 1 heterocycles. The topological polar surface area (TPSA) is 32.5 Å². The lowest BCUT2D eigenvalue weighted by Crippen LogP contribution is -2.38. The third-order valence-electron chi connectivity index (χ3n) is 4.01. The number of nitrogens with zero attached hydrogens (tertiary/aromatic N) is 2. The van der Waals surface area contributed by atoms with Crippen molar-refractivity contribution in [3.8, 4) is 0 Å². The van der Waals surface area contributed by atoms with Crippen LogP contribution in [0.25, 0.3) is 0 Å². The Labute approximate surface area is 107 Å². The van der Waals surface area contributed by atoms with E-state index in [4.69, 9.17) is 5.73 Å². The van der Waals surface area contributed by atoms with Gasteiger partial charge in [-0.3, -0.25) is 0 Å². The minimum Gasteiger partial charge on any atom is -0.330 e. The van der Waals surface area contributed by atoms with Crippen molar-refractivity contribution < 1.29 is 0 Å². The number of rotatable bonds is 8. The van der Waals surface area contributed by atoms with E-state index in [-0.39, 0.29) is 0 Å². The maximum Gasteiger partial charge on any atom is 0.0104 e. The van der Waals surface area contributed by atoms with E-state index in [9.17, 15) is 0 Å². The van der Waals surface area contributed by atoms with Crippen molar-refractivity contribution in [2.75, 3.05) is 40.3 Å². The quantitative estimate of drug-likeness (QED) is 0.659. The summed E-state index contributed by atoms with van der Waals surface area (Å²) in [6.07, 6.45) is 9.32. The second-order valence-electron chi connectivity index (χ2n) is 5.57. The Balaban J connectivity index is 2.03. The van der Waals surface area contributed by atoms with Gasteiger partial charge in [-0.15, -0.1) is 0 Å². The predicted molar refractivity (Wildman–Crippen MR) is 75.3 cm³/mol. The van der Waals surface area contributed by atoms with Crippen LogP contribution >= 0.6 is 0 Å². The molecule has 1 fully saturated rings. The van der Waals surface area contributed by atoms with E-state index in [0.717, 1.165) is 12.6 Å². The molecule has 3 nitrogen and oxygen atoms in total. The lowest BCUT2D eigenvalue weighted by Gasteiger charge is -2.33. The smallest absolute Gasteiger partial charge is 0.0104 e. The summed E-state index contributed by atoms with van der Waals surface area (Å²) in [5.41, 5.74) is 5.50. The Kier molecular flexibility index (Phi) is 7.82. The van der Waals surface area contributed by atoms with Crippen molar-refractivity contribution in [3.05, 3.63) is 0 Å². The van der Waals surface area contributed by atoms with Crippen LogP contribution in [0.2, 0.25) is 0 Å². The first-order valence-electron chi connectivity index (χ1n) is 7.33. The molecule has 0 saturated carbocycles. The minimum absolute atomic E-state index is 0.829. The van der Waals surface area contributed by atoms with E-state index in [1.54, 1.807) is 0 Å². The lowest BCUT2D eigenvalue weighted by atomic mass is 10.00. The highest BCUT2D eigenvalue weighted by atomic mass is 15.1. The van der Waals surface area contributed by atoms with Crippen LogP contribution in [-0.4, -0.2) is 56.1 Å². The molecule has 0 aromatic carbocycles. The molecule has 1 unspecified atom stereocenters. The highest BCUT2D eigenvalue weighted by Crippen LogP contribution is 2.17. The largest absolute Gasteiger partial charge is 0.330 e. The van der Waals surface area contributed by atoms with Gasteiger partial charge in [0.05, 0.1) is 0 Å². The Hall–Kier alpha value is -0.120. The number of likely N-dealkylation sites (tertiary alicyclic amines) is 1. The van der Waals surface area contributed by atoms with E-state index >= 15 is 0 Å². The van der Waals surface area contributed by atoms with Gasteiger partial charge in [0.25, 0.3) is 0 Å². The Bertz CT molecular complexity index is 184. The summed E-state index contributed by atoms with van der Waals surface area (Å²) < 4.78 is 0. The molecule has 1 atom stereocenters. The zero-order valence-electron chi connectivity index (χ0n) is 11.8. The summed E-state index contributed by atoms with van der Waals surface area (Å²) in [4.78, 5) is 5.03. The van der Waals surface area contributed by atoms with Crippen molar-refractivity contribution in [3.63, 3.8) is 0 Å². The fourth-order valence-corrected chi connectivity index (χ4v) is 2.69. The fraction of sp³-hybridized carbons (Fsp3) is 1.00. The van der Waals surface area contributed by atoms with Gasteiger partial charge < -0.3 is 15.5 Å². The van der Waals surface area contributed by atoms with Gasteiger partial charge in [0.1, 0.15) is 0 Å². The molecular weight excluding hydrogens is 210 g/mol. The minimum atomic E-state index is 0.829. The fourth-order valence-electron chi connectivity index (χ4n) is 2.69. The number of piperidine rings is 1. The van der Waals surface area contributed by atoms with Gasteiger partial charge in [-0.25, -0.2) is 0 Å². The van der Waals surface area contributed by atoms with Crippen molar-refractivity contribution >= 4 is 0 Å². The maximum absolute atomic E-state index is 5.50. The first-order chi connectivity index (χ1) is 8.24. The Morgan fingerprint density at radius 3 is 2.71 bits per heavy atom. The van der Waals surface area contributed by atoms with Gasteiger partial charge in [0.2, 0.25) is 0 Å². The van der Waals surface area contributed by atoms with E-state index in [2.05, 4.69) is 23.9 Å². The second-order valence-corrected chi connectivity index (χ2v) is 5.57. The molecule has 1 rings (SSSR count). The third-order valence-corrected chi connectivity index (χ3v) is 4.01. The normalized spacial score (nSPS) is 22.2. The average molecular weight is 241 g/mol. The van der Waals surface area contributed by atoms with Crippen LogP contribution in [0.15, 0.2) is 0 Å². The third kappa shape index (κ3) is 6.39. The molecule has 0 bridgehead atoms. The maximum atomic E-state index is 5.50. The molecule has 1 saturated heterocycles. The van der Waals surface area contributed by atoms with E-state index in [0.29, 0.717) is 0 Å². The summed E-state index contributed by atoms with van der Waals surface area (Å²) in [6, 6.07) is 0.829. The molecular formula is C14H31N3. The van der Waals surface area contributed by atoms with Crippen LogP contribution in [0.1, 0.15) is 44.9 Å². The van der Waals surface area contributed by atoms with Crippen molar-refractivity contribution in [1.29, 1.82) is 0 Å². The molecule has 0 aromatic heterocycles. The van der Waals surface area contributed by atoms with Crippen LogP contribution < -0.4 is 5.73 Å². The molecule has 1 aliphatic rings. The average Bonchev–Trinajstić information content (AvgIpc) is 2.34. The first-order valence-corrected chi connectivity index (χ1v) is 7.33. The van der Waals surface area contributed by atoms with Crippen molar-refractivity contribution in [2.24, 2.45) is 5.73 Å². The summed E-state index contributed by atoms with van der Waals surface area (Å²) in [5.74, 6) is 0. The van der Waals surface area contributed by atoms with E-state index in [1.165, 1.54) is 64.6 Å². The zero-order chi connectivity index (χ0) is 12.5.